The summed E-state index contributed by atoms with van der Waals surface area (Å²) in [6.07, 6.45) is -8.17. The lowest BCUT2D eigenvalue weighted by Crippen LogP contribution is -2.26. The van der Waals surface area contributed by atoms with Crippen LogP contribution in [0.15, 0.2) is 79.0 Å². The molecule has 13 heteroatoms. The molecule has 0 amide bonds. The Bertz CT molecular complexity index is 1840. The molecule has 5 rings (SSSR count). The van der Waals surface area contributed by atoms with Gasteiger partial charge in [0.15, 0.2) is 5.69 Å². The topological polar surface area (TPSA) is 74.8 Å². The Balaban J connectivity index is 1.68. The van der Waals surface area contributed by atoms with Crippen LogP contribution in [0.3, 0.4) is 0 Å². The van der Waals surface area contributed by atoms with E-state index >= 15 is 0 Å². The van der Waals surface area contributed by atoms with Crippen molar-refractivity contribution < 1.29 is 35.9 Å². The number of Topliss-reactive ketones (excluding diaryl/α,β-unsaturated/α-hetero) is 1. The van der Waals surface area contributed by atoms with Crippen molar-refractivity contribution in [1.29, 1.82) is 0 Å². The van der Waals surface area contributed by atoms with Gasteiger partial charge in [-0.05, 0) is 86.8 Å². The molecule has 2 heterocycles. The number of halogens is 6. The van der Waals surface area contributed by atoms with Crippen LogP contribution in [0, 0.1) is 6.92 Å². The van der Waals surface area contributed by atoms with Crippen molar-refractivity contribution in [3.63, 3.8) is 0 Å². The summed E-state index contributed by atoms with van der Waals surface area (Å²) in [6, 6.07) is 18.3. The Morgan fingerprint density at radius 2 is 1.45 bits per heavy atom. The molecule has 0 saturated heterocycles. The number of carbonyl (C=O) groups excluding carboxylic acids is 1. The number of hydrogen-bond acceptors (Lipinski definition) is 5. The van der Waals surface area contributed by atoms with Crippen LogP contribution in [0.1, 0.15) is 37.7 Å². The van der Waals surface area contributed by atoms with E-state index < -0.39 is 29.4 Å². The highest BCUT2D eigenvalue weighted by Crippen LogP contribution is 2.35. The number of aromatic nitrogens is 5. The molecule has 0 aliphatic rings. The second-order valence-corrected chi connectivity index (χ2v) is 10.6. The van der Waals surface area contributed by atoms with Crippen molar-refractivity contribution in [3.8, 4) is 39.5 Å². The highest BCUT2D eigenvalue weighted by Gasteiger charge is 2.35. The van der Waals surface area contributed by atoms with Gasteiger partial charge >= 0.3 is 12.5 Å². The van der Waals surface area contributed by atoms with E-state index in [1.807, 2.05) is 38.1 Å². The minimum absolute atomic E-state index is 0.0285. The SMILES string of the molecule is CC(=O)C(C)(C)c1cccc(-c2ccc(-n3nc(C(F)(F)F)cc3C)c(-n3nncc3-c3ccc(OC(F)(F)F)cc3)c2)c1. The van der Waals surface area contributed by atoms with Crippen LogP contribution >= 0.6 is 0 Å². The molecule has 0 aliphatic heterocycles. The van der Waals surface area contributed by atoms with Gasteiger partial charge in [-0.15, -0.1) is 18.3 Å². The number of benzene rings is 3. The van der Waals surface area contributed by atoms with E-state index in [2.05, 4.69) is 20.1 Å². The Labute approximate surface area is 247 Å². The van der Waals surface area contributed by atoms with E-state index in [0.717, 1.165) is 34.0 Å². The van der Waals surface area contributed by atoms with Crippen molar-refractivity contribution in [2.24, 2.45) is 0 Å². The first kappa shape index (κ1) is 30.5. The van der Waals surface area contributed by atoms with E-state index in [9.17, 15) is 31.1 Å². The fourth-order valence-corrected chi connectivity index (χ4v) is 4.64. The van der Waals surface area contributed by atoms with Gasteiger partial charge in [0.25, 0.3) is 0 Å². The van der Waals surface area contributed by atoms with Gasteiger partial charge in [-0.2, -0.15) is 18.3 Å². The molecule has 0 radical (unpaired) electrons. The summed E-state index contributed by atoms with van der Waals surface area (Å²) in [5.41, 5.74) is 1.80. The van der Waals surface area contributed by atoms with Crippen LogP contribution in [0.4, 0.5) is 26.3 Å². The minimum Gasteiger partial charge on any atom is -0.406 e. The quantitative estimate of drug-likeness (QED) is 0.175. The summed E-state index contributed by atoms with van der Waals surface area (Å²) in [7, 11) is 0. The molecule has 44 heavy (non-hydrogen) atoms. The van der Waals surface area contributed by atoms with Gasteiger partial charge in [0.2, 0.25) is 0 Å². The standard InChI is InChI=1S/C31H25F6N5O2/c1-18-14-28(30(32,33)34)39-41(18)25-13-10-22(21-6-5-7-23(15-21)29(3,4)19(2)43)16-26(25)42-27(17-38-40-42)20-8-11-24(12-9-20)44-31(35,36)37/h5-17H,1-4H3. The normalized spacial score (nSPS) is 12.4. The Morgan fingerprint density at radius 3 is 2.07 bits per heavy atom. The van der Waals surface area contributed by atoms with Crippen LogP contribution in [-0.2, 0) is 16.4 Å². The average molecular weight is 614 g/mol. The highest BCUT2D eigenvalue weighted by molar-refractivity contribution is 5.87. The molecular weight excluding hydrogens is 588 g/mol. The van der Waals surface area contributed by atoms with Crippen LogP contribution in [0.25, 0.3) is 33.8 Å². The Kier molecular flexibility index (Phi) is 7.60. The number of rotatable bonds is 7. The van der Waals surface area contributed by atoms with Gasteiger partial charge in [-0.3, -0.25) is 4.79 Å². The summed E-state index contributed by atoms with van der Waals surface area (Å²) >= 11 is 0. The van der Waals surface area contributed by atoms with E-state index in [0.29, 0.717) is 22.5 Å². The highest BCUT2D eigenvalue weighted by atomic mass is 19.4. The number of aryl methyl sites for hydroxylation is 1. The molecule has 0 N–H and O–H groups in total. The lowest BCUT2D eigenvalue weighted by molar-refractivity contribution is -0.274. The van der Waals surface area contributed by atoms with Crippen molar-refractivity contribution in [2.45, 2.75) is 45.6 Å². The largest absolute Gasteiger partial charge is 0.573 e. The second-order valence-electron chi connectivity index (χ2n) is 10.6. The van der Waals surface area contributed by atoms with Crippen molar-refractivity contribution in [2.75, 3.05) is 0 Å². The zero-order valence-electron chi connectivity index (χ0n) is 23.8. The predicted molar refractivity (Wildman–Crippen MR) is 149 cm³/mol. The summed E-state index contributed by atoms with van der Waals surface area (Å²) < 4.78 is 85.2. The molecule has 0 bridgehead atoms. The predicted octanol–water partition coefficient (Wildman–Crippen LogP) is 7.88. The average Bonchev–Trinajstić information content (AvgIpc) is 3.59. The molecule has 0 aliphatic carbocycles. The maximum Gasteiger partial charge on any atom is 0.573 e. The third-order valence-corrected chi connectivity index (χ3v) is 7.34. The molecular formula is C31H25F6N5O2. The van der Waals surface area contributed by atoms with Crippen LogP contribution < -0.4 is 4.74 Å². The van der Waals surface area contributed by atoms with Gasteiger partial charge in [0.05, 0.1) is 23.3 Å². The first-order chi connectivity index (χ1) is 20.5. The molecule has 228 valence electrons. The van der Waals surface area contributed by atoms with Crippen LogP contribution in [0.2, 0.25) is 0 Å². The Hall–Kier alpha value is -4.94. The van der Waals surface area contributed by atoms with Gasteiger partial charge in [0.1, 0.15) is 11.5 Å². The van der Waals surface area contributed by atoms with E-state index in [4.69, 9.17) is 0 Å². The molecule has 0 fully saturated rings. The molecule has 0 spiro atoms. The summed E-state index contributed by atoms with van der Waals surface area (Å²) in [5.74, 6) is -0.456. The summed E-state index contributed by atoms with van der Waals surface area (Å²) in [6.45, 7) is 6.62. The minimum atomic E-state index is -4.87. The number of hydrogen-bond donors (Lipinski definition) is 0. The summed E-state index contributed by atoms with van der Waals surface area (Å²) in [5, 5.41) is 12.0. The molecule has 2 aromatic heterocycles. The van der Waals surface area contributed by atoms with Gasteiger partial charge in [-0.25, -0.2) is 9.36 Å². The van der Waals surface area contributed by atoms with Crippen molar-refractivity contribution >= 4 is 5.78 Å². The maximum absolute atomic E-state index is 13.6. The Morgan fingerprint density at radius 1 is 0.795 bits per heavy atom. The monoisotopic (exact) mass is 613 g/mol. The lowest BCUT2D eigenvalue weighted by atomic mass is 9.80. The maximum atomic E-state index is 13.6. The lowest BCUT2D eigenvalue weighted by Gasteiger charge is -2.22. The van der Waals surface area contributed by atoms with Gasteiger partial charge in [-0.1, -0.05) is 35.5 Å². The number of alkyl halides is 6. The van der Waals surface area contributed by atoms with E-state index in [1.165, 1.54) is 36.9 Å². The first-order valence-electron chi connectivity index (χ1n) is 13.2. The first-order valence-corrected chi connectivity index (χ1v) is 13.2. The van der Waals surface area contributed by atoms with Gasteiger partial charge in [0, 0.05) is 16.7 Å². The zero-order chi connectivity index (χ0) is 32.0. The fourth-order valence-electron chi connectivity index (χ4n) is 4.64. The van der Waals surface area contributed by atoms with Crippen molar-refractivity contribution in [3.05, 3.63) is 95.9 Å². The van der Waals surface area contributed by atoms with Crippen molar-refractivity contribution in [1.82, 2.24) is 24.8 Å². The van der Waals surface area contributed by atoms with Crippen LogP contribution in [-0.4, -0.2) is 36.9 Å². The zero-order valence-corrected chi connectivity index (χ0v) is 23.8. The molecule has 0 unspecified atom stereocenters. The third kappa shape index (κ3) is 6.08. The molecule has 3 aromatic carbocycles. The number of ketones is 1. The molecule has 7 nitrogen and oxygen atoms in total. The van der Waals surface area contributed by atoms with Crippen LogP contribution in [0.5, 0.6) is 5.75 Å². The van der Waals surface area contributed by atoms with E-state index in [1.54, 1.807) is 18.2 Å². The summed E-state index contributed by atoms with van der Waals surface area (Å²) in [4.78, 5) is 12.3. The molecule has 0 atom stereocenters. The molecule has 5 aromatic rings. The number of ether oxygens (including phenoxy) is 1. The third-order valence-electron chi connectivity index (χ3n) is 7.34. The number of carbonyl (C=O) groups is 1. The fraction of sp³-hybridized carbons (Fsp3) is 0.226. The van der Waals surface area contributed by atoms with E-state index in [-0.39, 0.29) is 17.2 Å². The van der Waals surface area contributed by atoms with Gasteiger partial charge < -0.3 is 4.74 Å². The molecule has 0 saturated carbocycles. The smallest absolute Gasteiger partial charge is 0.406 e. The second kappa shape index (κ2) is 11.0. The number of nitrogens with zero attached hydrogens (tertiary/aromatic N) is 5.